The Labute approximate surface area is 128 Å². The molecule has 1 aliphatic rings. The van der Waals surface area contributed by atoms with Gasteiger partial charge in [0.25, 0.3) is 0 Å². The number of nitrogen functional groups attached to an aromatic ring is 1. The molecule has 1 aliphatic carbocycles. The van der Waals surface area contributed by atoms with E-state index in [2.05, 4.69) is 12.1 Å². The first kappa shape index (κ1) is 14.4. The van der Waals surface area contributed by atoms with Gasteiger partial charge < -0.3 is 10.3 Å². The van der Waals surface area contributed by atoms with E-state index < -0.39 is 0 Å². The molecule has 112 valence electrons. The fraction of sp³-hybridized carbons (Fsp3) is 0.438. The number of aromatic nitrogens is 1. The van der Waals surface area contributed by atoms with Gasteiger partial charge in [-0.05, 0) is 37.5 Å². The topological polar surface area (TPSA) is 52.0 Å². The average molecular weight is 309 g/mol. The molecule has 0 aliphatic heterocycles. The van der Waals surface area contributed by atoms with Crippen molar-refractivity contribution in [3.8, 4) is 11.1 Å². The first-order valence-corrected chi connectivity index (χ1v) is 7.66. The van der Waals surface area contributed by atoms with Crippen LogP contribution in [0, 0.1) is 5.82 Å². The molecule has 1 saturated carbocycles. The lowest BCUT2D eigenvalue weighted by Crippen LogP contribution is -2.21. The van der Waals surface area contributed by atoms with Crippen molar-refractivity contribution in [2.75, 3.05) is 5.73 Å². The third-order valence-corrected chi connectivity index (χ3v) is 4.95. The molecule has 0 atom stereocenters. The number of anilines is 1. The largest absolute Gasteiger partial charge is 0.380 e. The summed E-state index contributed by atoms with van der Waals surface area (Å²) in [5.41, 5.74) is 7.39. The summed E-state index contributed by atoms with van der Waals surface area (Å²) in [5.74, 6) is 0.748. The molecule has 5 heteroatoms. The molecule has 0 spiro atoms. The number of benzene rings is 1. The standard InChI is InChI=1S/C16H18ClFN2O/c1-2-16(7-3-4-8-16)14-13(15(19)20-21-14)11-6-5-10(18)9-12(11)17/h5-6,9H,2-4,7-8H2,1H3,(H2,19,20). The zero-order valence-electron chi connectivity index (χ0n) is 12.0. The van der Waals surface area contributed by atoms with Crippen LogP contribution in [-0.4, -0.2) is 5.16 Å². The lowest BCUT2D eigenvalue weighted by Gasteiger charge is -2.25. The van der Waals surface area contributed by atoms with E-state index in [1.807, 2.05) is 0 Å². The zero-order valence-corrected chi connectivity index (χ0v) is 12.7. The lowest BCUT2D eigenvalue weighted by molar-refractivity contribution is 0.284. The normalized spacial score (nSPS) is 17.3. The number of rotatable bonds is 3. The predicted molar refractivity (Wildman–Crippen MR) is 81.8 cm³/mol. The van der Waals surface area contributed by atoms with Gasteiger partial charge in [0.05, 0.1) is 10.6 Å². The maximum absolute atomic E-state index is 13.3. The third-order valence-electron chi connectivity index (χ3n) is 4.64. The molecule has 1 heterocycles. The molecule has 0 bridgehead atoms. The Kier molecular flexibility index (Phi) is 3.66. The van der Waals surface area contributed by atoms with Crippen LogP contribution in [0.5, 0.6) is 0 Å². The Balaban J connectivity index is 2.17. The monoisotopic (exact) mass is 308 g/mol. The number of hydrogen-bond acceptors (Lipinski definition) is 3. The minimum Gasteiger partial charge on any atom is -0.380 e. The van der Waals surface area contributed by atoms with Crippen molar-refractivity contribution in [2.45, 2.75) is 44.4 Å². The summed E-state index contributed by atoms with van der Waals surface area (Å²) in [6.45, 7) is 2.15. The van der Waals surface area contributed by atoms with Gasteiger partial charge in [-0.15, -0.1) is 0 Å². The molecule has 1 fully saturated rings. The van der Waals surface area contributed by atoms with Crippen molar-refractivity contribution >= 4 is 17.4 Å². The lowest BCUT2D eigenvalue weighted by atomic mass is 9.78. The molecule has 2 N–H and O–H groups in total. The van der Waals surface area contributed by atoms with Crippen molar-refractivity contribution in [1.82, 2.24) is 5.16 Å². The van der Waals surface area contributed by atoms with Gasteiger partial charge in [-0.1, -0.05) is 36.5 Å². The second-order valence-corrected chi connectivity index (χ2v) is 6.14. The van der Waals surface area contributed by atoms with Gasteiger partial charge in [-0.25, -0.2) is 4.39 Å². The molecule has 1 aromatic carbocycles. The minimum absolute atomic E-state index is 0.0301. The van der Waals surface area contributed by atoms with Crippen LogP contribution in [0.15, 0.2) is 22.7 Å². The molecular weight excluding hydrogens is 291 g/mol. The van der Waals surface area contributed by atoms with Gasteiger partial charge in [0, 0.05) is 11.0 Å². The van der Waals surface area contributed by atoms with E-state index in [0.717, 1.165) is 30.6 Å². The second-order valence-electron chi connectivity index (χ2n) is 5.74. The van der Waals surface area contributed by atoms with Crippen LogP contribution in [0.3, 0.4) is 0 Å². The summed E-state index contributed by atoms with van der Waals surface area (Å²) in [5, 5.41) is 4.27. The Bertz CT molecular complexity index is 662. The Morgan fingerprint density at radius 2 is 2.10 bits per heavy atom. The summed E-state index contributed by atoms with van der Waals surface area (Å²) in [7, 11) is 0. The summed E-state index contributed by atoms with van der Waals surface area (Å²) in [6.07, 6.45) is 5.43. The summed E-state index contributed by atoms with van der Waals surface area (Å²) < 4.78 is 18.9. The minimum atomic E-state index is -0.369. The first-order valence-electron chi connectivity index (χ1n) is 7.28. The van der Waals surface area contributed by atoms with E-state index in [1.54, 1.807) is 6.07 Å². The van der Waals surface area contributed by atoms with Gasteiger partial charge in [-0.3, -0.25) is 0 Å². The fourth-order valence-corrected chi connectivity index (χ4v) is 3.67. The van der Waals surface area contributed by atoms with Crippen LogP contribution >= 0.6 is 11.6 Å². The van der Waals surface area contributed by atoms with Gasteiger partial charge >= 0.3 is 0 Å². The highest BCUT2D eigenvalue weighted by Crippen LogP contribution is 2.49. The zero-order chi connectivity index (χ0) is 15.0. The number of nitrogens with zero attached hydrogens (tertiary/aromatic N) is 1. The molecule has 3 rings (SSSR count). The molecule has 2 aromatic rings. The van der Waals surface area contributed by atoms with Crippen LogP contribution in [0.2, 0.25) is 5.02 Å². The van der Waals surface area contributed by atoms with Crippen molar-refractivity contribution in [2.24, 2.45) is 0 Å². The SMILES string of the molecule is CCC1(c2onc(N)c2-c2ccc(F)cc2Cl)CCCC1. The summed E-state index contributed by atoms with van der Waals surface area (Å²) in [4.78, 5) is 0. The highest BCUT2D eigenvalue weighted by atomic mass is 35.5. The van der Waals surface area contributed by atoms with Gasteiger partial charge in [0.15, 0.2) is 11.6 Å². The van der Waals surface area contributed by atoms with Crippen molar-refractivity contribution in [1.29, 1.82) is 0 Å². The van der Waals surface area contributed by atoms with Crippen LogP contribution in [0.25, 0.3) is 11.1 Å². The van der Waals surface area contributed by atoms with Crippen LogP contribution in [0.1, 0.15) is 44.8 Å². The summed E-state index contributed by atoms with van der Waals surface area (Å²) in [6, 6.07) is 4.31. The van der Waals surface area contributed by atoms with Crippen LogP contribution < -0.4 is 5.73 Å². The van der Waals surface area contributed by atoms with Gasteiger partial charge in [-0.2, -0.15) is 0 Å². The average Bonchev–Trinajstić information content (AvgIpc) is 3.07. The molecule has 0 amide bonds. The molecule has 1 aromatic heterocycles. The molecule has 21 heavy (non-hydrogen) atoms. The molecule has 0 unspecified atom stereocenters. The maximum Gasteiger partial charge on any atom is 0.175 e. The van der Waals surface area contributed by atoms with Crippen LogP contribution in [-0.2, 0) is 5.41 Å². The van der Waals surface area contributed by atoms with E-state index in [4.69, 9.17) is 21.9 Å². The smallest absolute Gasteiger partial charge is 0.175 e. The van der Waals surface area contributed by atoms with E-state index in [0.29, 0.717) is 16.4 Å². The predicted octanol–water partition coefficient (Wildman–Crippen LogP) is 4.94. The molecular formula is C16H18ClFN2O. The third kappa shape index (κ3) is 2.31. The first-order chi connectivity index (χ1) is 10.1. The quantitative estimate of drug-likeness (QED) is 0.874. The van der Waals surface area contributed by atoms with E-state index >= 15 is 0 Å². The Morgan fingerprint density at radius 1 is 1.38 bits per heavy atom. The summed E-state index contributed by atoms with van der Waals surface area (Å²) >= 11 is 6.20. The highest BCUT2D eigenvalue weighted by Gasteiger charge is 2.40. The van der Waals surface area contributed by atoms with Crippen LogP contribution in [0.4, 0.5) is 10.2 Å². The highest BCUT2D eigenvalue weighted by molar-refractivity contribution is 6.33. The molecule has 0 saturated heterocycles. The Morgan fingerprint density at radius 3 is 2.71 bits per heavy atom. The number of halogens is 2. The number of hydrogen-bond donors (Lipinski definition) is 1. The fourth-order valence-electron chi connectivity index (χ4n) is 3.41. The Hall–Kier alpha value is -1.55. The molecule has 0 radical (unpaired) electrons. The maximum atomic E-state index is 13.3. The van der Waals surface area contributed by atoms with Gasteiger partial charge in [0.1, 0.15) is 5.82 Å². The van der Waals surface area contributed by atoms with Crippen molar-refractivity contribution in [3.63, 3.8) is 0 Å². The van der Waals surface area contributed by atoms with E-state index in [1.165, 1.54) is 25.0 Å². The van der Waals surface area contributed by atoms with E-state index in [-0.39, 0.29) is 11.2 Å². The van der Waals surface area contributed by atoms with E-state index in [9.17, 15) is 4.39 Å². The molecule has 3 nitrogen and oxygen atoms in total. The van der Waals surface area contributed by atoms with Crippen molar-refractivity contribution in [3.05, 3.63) is 34.8 Å². The van der Waals surface area contributed by atoms with Gasteiger partial charge in [0.2, 0.25) is 0 Å². The second kappa shape index (κ2) is 5.34. The van der Waals surface area contributed by atoms with Crippen molar-refractivity contribution < 1.29 is 8.91 Å². The number of nitrogens with two attached hydrogens (primary N) is 1.